The third-order valence-corrected chi connectivity index (χ3v) is 2.48. The molecule has 1 fully saturated rings. The molecule has 1 aliphatic rings. The van der Waals surface area contributed by atoms with Crippen LogP contribution in [0.15, 0.2) is 18.2 Å². The number of hydrogen-bond acceptors (Lipinski definition) is 1. The number of rotatable bonds is 2. The summed E-state index contributed by atoms with van der Waals surface area (Å²) in [5.74, 6) is 0.713. The zero-order valence-electron chi connectivity index (χ0n) is 7.25. The second-order valence-corrected chi connectivity index (χ2v) is 3.48. The largest absolute Gasteiger partial charge is 0.385 e. The molecule has 0 unspecified atom stereocenters. The van der Waals surface area contributed by atoms with Crippen LogP contribution in [0.2, 0.25) is 0 Å². The zero-order chi connectivity index (χ0) is 8.55. The van der Waals surface area contributed by atoms with Crippen LogP contribution in [0.5, 0.6) is 0 Å². The fourth-order valence-corrected chi connectivity index (χ4v) is 1.75. The minimum Gasteiger partial charge on any atom is -0.385 e. The first kappa shape index (κ1) is 7.81. The fourth-order valence-electron chi connectivity index (χ4n) is 1.75. The summed E-state index contributed by atoms with van der Waals surface area (Å²) in [6.07, 6.45) is 2.57. The van der Waals surface area contributed by atoms with E-state index in [1.54, 1.807) is 0 Å². The molecule has 0 heterocycles. The van der Waals surface area contributed by atoms with Crippen molar-refractivity contribution in [2.45, 2.75) is 25.7 Å². The van der Waals surface area contributed by atoms with Crippen molar-refractivity contribution in [1.82, 2.24) is 0 Å². The van der Waals surface area contributed by atoms with Gasteiger partial charge < -0.3 is 5.11 Å². The summed E-state index contributed by atoms with van der Waals surface area (Å²) in [5, 5.41) is 8.99. The summed E-state index contributed by atoms with van der Waals surface area (Å²) >= 11 is 0. The quantitative estimate of drug-likeness (QED) is 0.707. The molecule has 0 bridgehead atoms. The molecule has 1 heteroatoms. The Morgan fingerprint density at radius 3 is 2.75 bits per heavy atom. The fraction of sp³-hybridized carbons (Fsp3) is 0.364. The molecule has 1 aromatic carbocycles. The van der Waals surface area contributed by atoms with Crippen molar-refractivity contribution in [2.75, 3.05) is 0 Å². The van der Waals surface area contributed by atoms with Crippen molar-refractivity contribution in [3.8, 4) is 0 Å². The van der Waals surface area contributed by atoms with Crippen LogP contribution in [-0.2, 0) is 0 Å². The lowest BCUT2D eigenvalue weighted by Crippen LogP contribution is -1.93. The predicted octanol–water partition coefficient (Wildman–Crippen LogP) is 2.75. The lowest BCUT2D eigenvalue weighted by Gasteiger charge is -2.08. The van der Waals surface area contributed by atoms with Gasteiger partial charge in [-0.1, -0.05) is 18.2 Å². The van der Waals surface area contributed by atoms with E-state index in [-0.39, 0.29) is 0 Å². The second-order valence-electron chi connectivity index (χ2n) is 3.48. The van der Waals surface area contributed by atoms with Crippen LogP contribution in [0.25, 0.3) is 0 Å². The standard InChI is InChI=1S/C11H13O/c1-8-3-2-4-10(7-12)11(8)9-5-6-9/h2-4,7,9,12H,5-6H2,1H3. The van der Waals surface area contributed by atoms with Gasteiger partial charge in [-0.15, -0.1) is 0 Å². The highest BCUT2D eigenvalue weighted by Gasteiger charge is 2.26. The molecule has 1 radical (unpaired) electrons. The average Bonchev–Trinajstić information content (AvgIpc) is 2.87. The molecule has 1 aliphatic carbocycles. The Hall–Kier alpha value is -0.820. The molecule has 0 spiro atoms. The number of aliphatic hydroxyl groups excluding tert-OH is 1. The lowest BCUT2D eigenvalue weighted by molar-refractivity contribution is 0.413. The Labute approximate surface area is 73.0 Å². The molecule has 63 valence electrons. The number of benzene rings is 1. The molecule has 1 saturated carbocycles. The van der Waals surface area contributed by atoms with Crippen LogP contribution >= 0.6 is 0 Å². The Kier molecular flexibility index (Phi) is 1.89. The number of hydrogen-bond donors (Lipinski definition) is 1. The summed E-state index contributed by atoms with van der Waals surface area (Å²) in [7, 11) is 0. The van der Waals surface area contributed by atoms with Crippen molar-refractivity contribution < 1.29 is 5.11 Å². The molecule has 0 amide bonds. The summed E-state index contributed by atoms with van der Waals surface area (Å²) in [6.45, 7) is 3.33. The van der Waals surface area contributed by atoms with E-state index in [4.69, 9.17) is 5.11 Å². The number of aliphatic hydroxyl groups is 1. The van der Waals surface area contributed by atoms with Gasteiger partial charge in [0.25, 0.3) is 0 Å². The Morgan fingerprint density at radius 2 is 2.17 bits per heavy atom. The van der Waals surface area contributed by atoms with E-state index in [2.05, 4.69) is 13.0 Å². The Balaban J connectivity index is 2.45. The van der Waals surface area contributed by atoms with Gasteiger partial charge in [-0.25, -0.2) is 0 Å². The van der Waals surface area contributed by atoms with Crippen LogP contribution in [0.4, 0.5) is 0 Å². The van der Waals surface area contributed by atoms with Crippen molar-refractivity contribution in [1.29, 1.82) is 0 Å². The Morgan fingerprint density at radius 1 is 1.42 bits per heavy atom. The molecular weight excluding hydrogens is 148 g/mol. The van der Waals surface area contributed by atoms with Gasteiger partial charge in [0.05, 0.1) is 0 Å². The van der Waals surface area contributed by atoms with Gasteiger partial charge in [0.2, 0.25) is 0 Å². The maximum absolute atomic E-state index is 8.99. The highest BCUT2D eigenvalue weighted by molar-refractivity contribution is 5.42. The van der Waals surface area contributed by atoms with Crippen molar-refractivity contribution in [3.63, 3.8) is 0 Å². The smallest absolute Gasteiger partial charge is 0.109 e. The van der Waals surface area contributed by atoms with E-state index >= 15 is 0 Å². The van der Waals surface area contributed by atoms with Gasteiger partial charge in [0, 0.05) is 0 Å². The molecule has 0 saturated heterocycles. The van der Waals surface area contributed by atoms with E-state index in [1.165, 1.54) is 30.6 Å². The Bertz CT molecular complexity index is 287. The maximum atomic E-state index is 8.99. The van der Waals surface area contributed by atoms with E-state index < -0.39 is 0 Å². The normalized spacial score (nSPS) is 16.5. The first-order valence-electron chi connectivity index (χ1n) is 4.40. The third kappa shape index (κ3) is 1.25. The summed E-state index contributed by atoms with van der Waals surface area (Å²) in [6, 6.07) is 6.07. The van der Waals surface area contributed by atoms with Crippen LogP contribution in [0.1, 0.15) is 35.4 Å². The van der Waals surface area contributed by atoms with Crippen LogP contribution in [0, 0.1) is 13.5 Å². The lowest BCUT2D eigenvalue weighted by atomic mass is 9.98. The zero-order valence-corrected chi connectivity index (χ0v) is 7.25. The minimum absolute atomic E-state index is 0.713. The summed E-state index contributed by atoms with van der Waals surface area (Å²) < 4.78 is 0. The molecule has 0 atom stereocenters. The van der Waals surface area contributed by atoms with Gasteiger partial charge in [-0.2, -0.15) is 0 Å². The van der Waals surface area contributed by atoms with Gasteiger partial charge >= 0.3 is 0 Å². The summed E-state index contributed by atoms with van der Waals surface area (Å²) in [4.78, 5) is 0. The maximum Gasteiger partial charge on any atom is 0.109 e. The van der Waals surface area contributed by atoms with Crippen LogP contribution in [-0.4, -0.2) is 5.11 Å². The van der Waals surface area contributed by atoms with E-state index in [1.807, 2.05) is 12.1 Å². The van der Waals surface area contributed by atoms with Crippen LogP contribution in [0.3, 0.4) is 0 Å². The van der Waals surface area contributed by atoms with Gasteiger partial charge in [0.1, 0.15) is 6.61 Å². The van der Waals surface area contributed by atoms with Gasteiger partial charge in [-0.3, -0.25) is 0 Å². The van der Waals surface area contributed by atoms with E-state index in [9.17, 15) is 0 Å². The first-order chi connectivity index (χ1) is 5.83. The molecule has 1 N–H and O–H groups in total. The van der Waals surface area contributed by atoms with E-state index in [0.29, 0.717) is 5.92 Å². The molecule has 2 rings (SSSR count). The molecule has 1 nitrogen and oxygen atoms in total. The molecular formula is C11H13O. The SMILES string of the molecule is Cc1cccc([CH]O)c1C1CC1. The van der Waals surface area contributed by atoms with Crippen molar-refractivity contribution in [2.24, 2.45) is 0 Å². The van der Waals surface area contributed by atoms with E-state index in [0.717, 1.165) is 5.56 Å². The molecule has 12 heavy (non-hydrogen) atoms. The first-order valence-corrected chi connectivity index (χ1v) is 4.40. The molecule has 1 aromatic rings. The topological polar surface area (TPSA) is 20.2 Å². The third-order valence-electron chi connectivity index (χ3n) is 2.48. The molecule has 0 aromatic heterocycles. The predicted molar refractivity (Wildman–Crippen MR) is 48.5 cm³/mol. The highest BCUT2D eigenvalue weighted by atomic mass is 16.3. The van der Waals surface area contributed by atoms with Gasteiger partial charge in [-0.05, 0) is 42.4 Å². The van der Waals surface area contributed by atoms with Crippen molar-refractivity contribution >= 4 is 0 Å². The average molecular weight is 161 g/mol. The second kappa shape index (κ2) is 2.91. The highest BCUT2D eigenvalue weighted by Crippen LogP contribution is 2.43. The minimum atomic E-state index is 0.713. The summed E-state index contributed by atoms with van der Waals surface area (Å²) in [5.41, 5.74) is 3.65. The van der Waals surface area contributed by atoms with Crippen LogP contribution < -0.4 is 0 Å². The monoisotopic (exact) mass is 161 g/mol. The molecule has 0 aliphatic heterocycles. The van der Waals surface area contributed by atoms with Crippen molar-refractivity contribution in [3.05, 3.63) is 41.5 Å². The van der Waals surface area contributed by atoms with Gasteiger partial charge in [0.15, 0.2) is 0 Å². The number of aryl methyl sites for hydroxylation is 1.